The van der Waals surface area contributed by atoms with Gasteiger partial charge in [-0.05, 0) is 31.9 Å². The van der Waals surface area contributed by atoms with Crippen molar-refractivity contribution in [3.8, 4) is 0 Å². The van der Waals surface area contributed by atoms with Crippen LogP contribution in [0, 0.1) is 6.92 Å². The lowest BCUT2D eigenvalue weighted by atomic mass is 10.1. The summed E-state index contributed by atoms with van der Waals surface area (Å²) < 4.78 is 2.93. The first-order valence-corrected chi connectivity index (χ1v) is 8.36. The molecular formula is C15H18ClN3OS. The van der Waals surface area contributed by atoms with Crippen LogP contribution in [-0.2, 0) is 24.2 Å². The van der Waals surface area contributed by atoms with Crippen LogP contribution in [0.3, 0.4) is 0 Å². The molecule has 6 heteroatoms. The first kappa shape index (κ1) is 14.6. The molecule has 3 rings (SSSR count). The molecule has 1 N–H and O–H groups in total. The van der Waals surface area contributed by atoms with Crippen LogP contribution in [0.2, 0.25) is 4.34 Å². The second-order valence-corrected chi connectivity index (χ2v) is 7.26. The Balaban J connectivity index is 1.49. The third-order valence-electron chi connectivity index (χ3n) is 3.71. The van der Waals surface area contributed by atoms with E-state index in [2.05, 4.69) is 21.1 Å². The van der Waals surface area contributed by atoms with Crippen molar-refractivity contribution in [3.63, 3.8) is 0 Å². The number of hydrogen-bond donors (Lipinski definition) is 1. The lowest BCUT2D eigenvalue weighted by Crippen LogP contribution is -2.40. The van der Waals surface area contributed by atoms with Crippen LogP contribution >= 0.6 is 22.9 Å². The summed E-state index contributed by atoms with van der Waals surface area (Å²) in [6.45, 7) is 2.83. The van der Waals surface area contributed by atoms with Gasteiger partial charge >= 0.3 is 0 Å². The van der Waals surface area contributed by atoms with Crippen LogP contribution in [0.25, 0.3) is 0 Å². The normalized spacial score (nSPS) is 17.5. The zero-order valence-electron chi connectivity index (χ0n) is 11.9. The first-order valence-electron chi connectivity index (χ1n) is 7.16. The largest absolute Gasteiger partial charge is 0.352 e. The minimum atomic E-state index is 0.116. The molecule has 0 aromatic carbocycles. The molecule has 1 aliphatic heterocycles. The molecule has 1 atom stereocenters. The van der Waals surface area contributed by atoms with Crippen molar-refractivity contribution >= 4 is 28.8 Å². The minimum Gasteiger partial charge on any atom is -0.352 e. The van der Waals surface area contributed by atoms with E-state index in [4.69, 9.17) is 11.6 Å². The second kappa shape index (κ2) is 6.20. The molecule has 2 aromatic heterocycles. The van der Waals surface area contributed by atoms with Gasteiger partial charge in [0.25, 0.3) is 0 Å². The Labute approximate surface area is 133 Å². The number of aromatic nitrogens is 2. The number of fused-ring (bicyclic) bond motifs is 1. The van der Waals surface area contributed by atoms with Gasteiger partial charge in [0.1, 0.15) is 5.82 Å². The zero-order valence-corrected chi connectivity index (χ0v) is 13.5. The number of carbonyl (C=O) groups is 1. The van der Waals surface area contributed by atoms with Crippen LogP contribution in [0.4, 0.5) is 0 Å². The molecule has 0 fully saturated rings. The Kier molecular flexibility index (Phi) is 4.31. The van der Waals surface area contributed by atoms with Crippen molar-refractivity contribution in [1.82, 2.24) is 14.9 Å². The highest BCUT2D eigenvalue weighted by Gasteiger charge is 2.21. The molecule has 1 aliphatic rings. The lowest BCUT2D eigenvalue weighted by molar-refractivity contribution is -0.121. The molecule has 1 amide bonds. The maximum Gasteiger partial charge on any atom is 0.220 e. The van der Waals surface area contributed by atoms with Gasteiger partial charge in [-0.3, -0.25) is 4.79 Å². The van der Waals surface area contributed by atoms with E-state index in [-0.39, 0.29) is 11.9 Å². The number of aryl methyl sites for hydroxylation is 3. The maximum absolute atomic E-state index is 12.0. The molecule has 3 heterocycles. The monoisotopic (exact) mass is 323 g/mol. The molecule has 0 bridgehead atoms. The summed E-state index contributed by atoms with van der Waals surface area (Å²) in [5.41, 5.74) is 1.05. The molecule has 112 valence electrons. The highest BCUT2D eigenvalue weighted by atomic mass is 35.5. The summed E-state index contributed by atoms with van der Waals surface area (Å²) in [6, 6.07) is 4.08. The van der Waals surface area contributed by atoms with Crippen LogP contribution in [0.5, 0.6) is 0 Å². The number of thiophene rings is 1. The number of rotatable bonds is 4. The molecule has 21 heavy (non-hydrogen) atoms. The fourth-order valence-corrected chi connectivity index (χ4v) is 3.81. The third-order valence-corrected chi connectivity index (χ3v) is 5.00. The number of carbonyl (C=O) groups excluding carboxylic acids is 1. The second-order valence-electron chi connectivity index (χ2n) is 5.46. The summed E-state index contributed by atoms with van der Waals surface area (Å²) in [4.78, 5) is 17.7. The Hall–Kier alpha value is -1.33. The molecule has 2 aromatic rings. The van der Waals surface area contributed by atoms with E-state index in [0.717, 1.165) is 46.5 Å². The lowest BCUT2D eigenvalue weighted by Gasteiger charge is -2.24. The van der Waals surface area contributed by atoms with Gasteiger partial charge in [0.05, 0.1) is 10.0 Å². The van der Waals surface area contributed by atoms with Crippen LogP contribution in [0.15, 0.2) is 18.3 Å². The summed E-state index contributed by atoms with van der Waals surface area (Å²) in [5, 5.41) is 3.13. The smallest absolute Gasteiger partial charge is 0.220 e. The summed E-state index contributed by atoms with van der Waals surface area (Å²) in [7, 11) is 0. The number of hydrogen-bond acceptors (Lipinski definition) is 3. The van der Waals surface area contributed by atoms with Gasteiger partial charge in [-0.15, -0.1) is 11.3 Å². The van der Waals surface area contributed by atoms with E-state index in [1.54, 1.807) is 11.3 Å². The third kappa shape index (κ3) is 3.66. The Bertz CT molecular complexity index is 649. The molecule has 0 radical (unpaired) electrons. The topological polar surface area (TPSA) is 46.9 Å². The van der Waals surface area contributed by atoms with Crippen LogP contribution < -0.4 is 5.32 Å². The molecule has 0 saturated heterocycles. The van der Waals surface area contributed by atoms with Crippen molar-refractivity contribution in [1.29, 1.82) is 0 Å². The van der Waals surface area contributed by atoms with E-state index >= 15 is 0 Å². The van der Waals surface area contributed by atoms with E-state index in [0.29, 0.717) is 6.42 Å². The van der Waals surface area contributed by atoms with Crippen molar-refractivity contribution in [2.45, 2.75) is 45.2 Å². The number of halogens is 1. The molecule has 0 saturated carbocycles. The molecule has 4 nitrogen and oxygen atoms in total. The van der Waals surface area contributed by atoms with Crippen molar-refractivity contribution in [2.24, 2.45) is 0 Å². The Morgan fingerprint density at radius 2 is 2.43 bits per heavy atom. The van der Waals surface area contributed by atoms with E-state index in [1.807, 2.05) is 19.1 Å². The fraction of sp³-hybridized carbons (Fsp3) is 0.467. The SMILES string of the molecule is Cc1cn2c(n1)CCC(NC(=O)CCc1ccc(Cl)s1)C2. The van der Waals surface area contributed by atoms with Crippen LogP contribution in [-0.4, -0.2) is 21.5 Å². The predicted molar refractivity (Wildman–Crippen MR) is 84.9 cm³/mol. The van der Waals surface area contributed by atoms with Gasteiger partial charge < -0.3 is 9.88 Å². The average Bonchev–Trinajstić information content (AvgIpc) is 3.01. The van der Waals surface area contributed by atoms with Gasteiger partial charge in [-0.2, -0.15) is 0 Å². The molecular weight excluding hydrogens is 306 g/mol. The highest BCUT2D eigenvalue weighted by Crippen LogP contribution is 2.22. The maximum atomic E-state index is 12.0. The number of nitrogens with one attached hydrogen (secondary N) is 1. The van der Waals surface area contributed by atoms with E-state index < -0.39 is 0 Å². The van der Waals surface area contributed by atoms with Crippen molar-refractivity contribution < 1.29 is 4.79 Å². The standard InChI is InChI=1S/C15H18ClN3OS/c1-10-8-19-9-11(2-6-14(19)17-10)18-15(20)7-4-12-3-5-13(16)21-12/h3,5,8,11H,2,4,6-7,9H2,1H3,(H,18,20). The Morgan fingerprint density at radius 3 is 3.19 bits per heavy atom. The van der Waals surface area contributed by atoms with E-state index in [9.17, 15) is 4.79 Å². The quantitative estimate of drug-likeness (QED) is 0.940. The van der Waals surface area contributed by atoms with E-state index in [1.165, 1.54) is 0 Å². The molecule has 1 unspecified atom stereocenters. The molecule has 0 spiro atoms. The highest BCUT2D eigenvalue weighted by molar-refractivity contribution is 7.16. The zero-order chi connectivity index (χ0) is 14.8. The fourth-order valence-electron chi connectivity index (χ4n) is 2.73. The average molecular weight is 324 g/mol. The van der Waals surface area contributed by atoms with Gasteiger partial charge in [0.2, 0.25) is 5.91 Å². The Morgan fingerprint density at radius 1 is 1.57 bits per heavy atom. The van der Waals surface area contributed by atoms with Crippen LogP contribution in [0.1, 0.15) is 29.2 Å². The van der Waals surface area contributed by atoms with Gasteiger partial charge in [0, 0.05) is 36.5 Å². The van der Waals surface area contributed by atoms with Gasteiger partial charge in [-0.25, -0.2) is 4.98 Å². The number of nitrogens with zero attached hydrogens (tertiary/aromatic N) is 2. The minimum absolute atomic E-state index is 0.116. The van der Waals surface area contributed by atoms with Gasteiger partial charge in [-0.1, -0.05) is 11.6 Å². The van der Waals surface area contributed by atoms with Crippen molar-refractivity contribution in [3.05, 3.63) is 39.1 Å². The number of amides is 1. The predicted octanol–water partition coefficient (Wildman–Crippen LogP) is 2.97. The number of imidazole rings is 1. The molecule has 0 aliphatic carbocycles. The summed E-state index contributed by atoms with van der Waals surface area (Å²) in [6.07, 6.45) is 5.22. The van der Waals surface area contributed by atoms with Gasteiger partial charge in [0.15, 0.2) is 0 Å². The first-order chi connectivity index (χ1) is 10.1. The summed E-state index contributed by atoms with van der Waals surface area (Å²) in [5.74, 6) is 1.25. The summed E-state index contributed by atoms with van der Waals surface area (Å²) >= 11 is 7.43. The van der Waals surface area contributed by atoms with Crippen molar-refractivity contribution in [2.75, 3.05) is 0 Å².